The quantitative estimate of drug-likeness (QED) is 0.661. The van der Waals surface area contributed by atoms with Crippen molar-refractivity contribution >= 4 is 21.8 Å². The molecule has 1 aliphatic heterocycles. The zero-order valence-electron chi connectivity index (χ0n) is 8.59. The minimum absolute atomic E-state index is 0.587. The SMILES string of the molecule is CC(N)=NCc1cc(Br)cc2c1OCC2. The lowest BCUT2D eigenvalue weighted by molar-refractivity contribution is 0.353. The first-order chi connectivity index (χ1) is 7.16. The van der Waals surface area contributed by atoms with Crippen molar-refractivity contribution in [1.82, 2.24) is 0 Å². The maximum absolute atomic E-state index is 5.59. The number of halogens is 1. The summed E-state index contributed by atoms with van der Waals surface area (Å²) in [7, 11) is 0. The highest BCUT2D eigenvalue weighted by atomic mass is 79.9. The summed E-state index contributed by atoms with van der Waals surface area (Å²) in [5.74, 6) is 1.59. The van der Waals surface area contributed by atoms with Crippen LogP contribution in [-0.4, -0.2) is 12.4 Å². The molecule has 0 aromatic heterocycles. The molecular weight excluding hydrogens is 256 g/mol. The second kappa shape index (κ2) is 4.23. The standard InChI is InChI=1S/C11H13BrN2O/c1-7(13)14-6-9-5-10(12)4-8-2-3-15-11(8)9/h4-5H,2-3,6H2,1H3,(H2,13,14). The Hall–Kier alpha value is -1.03. The summed E-state index contributed by atoms with van der Waals surface area (Å²) in [6.45, 7) is 3.15. The summed E-state index contributed by atoms with van der Waals surface area (Å²) in [6, 6.07) is 4.14. The Morgan fingerprint density at radius 2 is 2.40 bits per heavy atom. The Morgan fingerprint density at radius 3 is 3.13 bits per heavy atom. The van der Waals surface area contributed by atoms with Crippen LogP contribution in [0.4, 0.5) is 0 Å². The lowest BCUT2D eigenvalue weighted by Crippen LogP contribution is -2.05. The van der Waals surface area contributed by atoms with Crippen molar-refractivity contribution < 1.29 is 4.74 Å². The van der Waals surface area contributed by atoms with Gasteiger partial charge < -0.3 is 10.5 Å². The lowest BCUT2D eigenvalue weighted by atomic mass is 10.1. The molecule has 0 amide bonds. The molecule has 0 atom stereocenters. The van der Waals surface area contributed by atoms with Gasteiger partial charge in [-0.25, -0.2) is 0 Å². The molecule has 1 heterocycles. The van der Waals surface area contributed by atoms with Crippen LogP contribution in [0, 0.1) is 0 Å². The van der Waals surface area contributed by atoms with Gasteiger partial charge >= 0.3 is 0 Å². The Labute approximate surface area is 97.5 Å². The van der Waals surface area contributed by atoms with Crippen molar-refractivity contribution in [2.24, 2.45) is 10.7 Å². The molecule has 4 heteroatoms. The van der Waals surface area contributed by atoms with Gasteiger partial charge in [-0.1, -0.05) is 15.9 Å². The summed E-state index contributed by atoms with van der Waals surface area (Å²) in [6.07, 6.45) is 0.979. The predicted molar refractivity (Wildman–Crippen MR) is 64.3 cm³/mol. The molecule has 3 nitrogen and oxygen atoms in total. The van der Waals surface area contributed by atoms with E-state index in [4.69, 9.17) is 10.5 Å². The number of hydrogen-bond acceptors (Lipinski definition) is 2. The van der Waals surface area contributed by atoms with Crippen molar-refractivity contribution in [3.8, 4) is 5.75 Å². The average Bonchev–Trinajstić information content (AvgIpc) is 2.61. The molecule has 0 fully saturated rings. The van der Waals surface area contributed by atoms with E-state index in [2.05, 4.69) is 27.0 Å². The van der Waals surface area contributed by atoms with Crippen LogP contribution in [0.15, 0.2) is 21.6 Å². The van der Waals surface area contributed by atoms with Crippen LogP contribution in [0.25, 0.3) is 0 Å². The third-order valence-corrected chi connectivity index (χ3v) is 2.78. The predicted octanol–water partition coefficient (Wildman–Crippen LogP) is 2.26. The number of ether oxygens (including phenoxy) is 1. The van der Waals surface area contributed by atoms with Crippen LogP contribution >= 0.6 is 15.9 Å². The molecule has 0 radical (unpaired) electrons. The first-order valence-corrected chi connectivity index (χ1v) is 5.67. The van der Waals surface area contributed by atoms with Crippen molar-refractivity contribution in [2.45, 2.75) is 19.9 Å². The summed E-state index contributed by atoms with van der Waals surface area (Å²) < 4.78 is 6.66. The largest absolute Gasteiger partial charge is 0.493 e. The fourth-order valence-corrected chi connectivity index (χ4v) is 2.23. The maximum Gasteiger partial charge on any atom is 0.127 e. The topological polar surface area (TPSA) is 47.6 Å². The van der Waals surface area contributed by atoms with Gasteiger partial charge in [-0.3, -0.25) is 4.99 Å². The highest BCUT2D eigenvalue weighted by Crippen LogP contribution is 2.33. The molecule has 0 saturated heterocycles. The van der Waals surface area contributed by atoms with E-state index in [0.29, 0.717) is 12.4 Å². The molecule has 0 unspecified atom stereocenters. The number of nitrogens with two attached hydrogens (primary N) is 1. The fraction of sp³-hybridized carbons (Fsp3) is 0.364. The second-order valence-electron chi connectivity index (χ2n) is 3.61. The van der Waals surface area contributed by atoms with Gasteiger partial charge in [0.25, 0.3) is 0 Å². The normalized spacial score (nSPS) is 14.9. The monoisotopic (exact) mass is 268 g/mol. The van der Waals surface area contributed by atoms with Gasteiger partial charge in [-0.15, -0.1) is 0 Å². The molecule has 0 aliphatic carbocycles. The molecule has 1 aromatic rings. The van der Waals surface area contributed by atoms with Crippen LogP contribution in [0.3, 0.4) is 0 Å². The van der Waals surface area contributed by atoms with Crippen LogP contribution in [0.1, 0.15) is 18.1 Å². The second-order valence-corrected chi connectivity index (χ2v) is 4.52. The Balaban J connectivity index is 2.34. The van der Waals surface area contributed by atoms with Crippen molar-refractivity contribution in [3.05, 3.63) is 27.7 Å². The first kappa shape index (κ1) is 10.5. The van der Waals surface area contributed by atoms with Gasteiger partial charge in [0.2, 0.25) is 0 Å². The first-order valence-electron chi connectivity index (χ1n) is 4.87. The number of fused-ring (bicyclic) bond motifs is 1. The third kappa shape index (κ3) is 2.31. The summed E-state index contributed by atoms with van der Waals surface area (Å²) in [5, 5.41) is 0. The van der Waals surface area contributed by atoms with Gasteiger partial charge in [-0.2, -0.15) is 0 Å². The minimum Gasteiger partial charge on any atom is -0.493 e. The van der Waals surface area contributed by atoms with E-state index in [1.54, 1.807) is 6.92 Å². The van der Waals surface area contributed by atoms with Gasteiger partial charge in [0.05, 0.1) is 19.0 Å². The Kier molecular flexibility index (Phi) is 2.95. The molecule has 2 N–H and O–H groups in total. The van der Waals surface area contributed by atoms with E-state index in [0.717, 1.165) is 28.8 Å². The molecule has 0 bridgehead atoms. The van der Waals surface area contributed by atoms with Gasteiger partial charge in [-0.05, 0) is 24.6 Å². The molecule has 80 valence electrons. The van der Waals surface area contributed by atoms with Gasteiger partial charge in [0.15, 0.2) is 0 Å². The van der Waals surface area contributed by atoms with E-state index in [-0.39, 0.29) is 0 Å². The molecule has 0 saturated carbocycles. The molecule has 1 aliphatic rings. The number of aliphatic imine (C=N–C) groups is 1. The molecule has 0 spiro atoms. The van der Waals surface area contributed by atoms with Crippen molar-refractivity contribution in [2.75, 3.05) is 6.61 Å². The lowest BCUT2D eigenvalue weighted by Gasteiger charge is -2.06. The summed E-state index contributed by atoms with van der Waals surface area (Å²) in [4.78, 5) is 4.21. The molecular formula is C11H13BrN2O. The van der Waals surface area contributed by atoms with E-state index in [9.17, 15) is 0 Å². The molecule has 15 heavy (non-hydrogen) atoms. The number of nitrogens with zero attached hydrogens (tertiary/aromatic N) is 1. The van der Waals surface area contributed by atoms with Crippen LogP contribution in [0.2, 0.25) is 0 Å². The number of rotatable bonds is 2. The molecule has 2 rings (SSSR count). The van der Waals surface area contributed by atoms with Crippen molar-refractivity contribution in [3.63, 3.8) is 0 Å². The Morgan fingerprint density at radius 1 is 1.60 bits per heavy atom. The zero-order chi connectivity index (χ0) is 10.8. The smallest absolute Gasteiger partial charge is 0.127 e. The fourth-order valence-electron chi connectivity index (χ4n) is 1.67. The van der Waals surface area contributed by atoms with Gasteiger partial charge in [0.1, 0.15) is 5.75 Å². The van der Waals surface area contributed by atoms with Crippen LogP contribution in [-0.2, 0) is 13.0 Å². The number of hydrogen-bond donors (Lipinski definition) is 1. The molecule has 1 aromatic carbocycles. The summed E-state index contributed by atoms with van der Waals surface area (Å²) in [5.41, 5.74) is 7.87. The van der Waals surface area contributed by atoms with E-state index >= 15 is 0 Å². The zero-order valence-corrected chi connectivity index (χ0v) is 10.2. The van der Waals surface area contributed by atoms with Crippen molar-refractivity contribution in [1.29, 1.82) is 0 Å². The highest BCUT2D eigenvalue weighted by Gasteiger charge is 2.16. The van der Waals surface area contributed by atoms with E-state index in [1.165, 1.54) is 5.56 Å². The number of benzene rings is 1. The van der Waals surface area contributed by atoms with Crippen LogP contribution in [0.5, 0.6) is 5.75 Å². The van der Waals surface area contributed by atoms with E-state index in [1.807, 2.05) is 6.07 Å². The number of amidine groups is 1. The minimum atomic E-state index is 0.587. The van der Waals surface area contributed by atoms with Crippen LogP contribution < -0.4 is 10.5 Å². The Bertz CT molecular complexity index is 411. The summed E-state index contributed by atoms with van der Waals surface area (Å²) >= 11 is 3.49. The van der Waals surface area contributed by atoms with Gasteiger partial charge in [0, 0.05) is 16.5 Å². The van der Waals surface area contributed by atoms with E-state index < -0.39 is 0 Å². The third-order valence-electron chi connectivity index (χ3n) is 2.32. The highest BCUT2D eigenvalue weighted by molar-refractivity contribution is 9.10. The average molecular weight is 269 g/mol. The maximum atomic E-state index is 5.59.